The standard InChI is InChI=1S/C18H21FN2/c1-21(18-4-2-3-16(19)11-18)13-15-7-5-14(6-8-15)12-20-17-9-10-17/h2-8,11,17,20H,9-10,12-13H2,1H3. The summed E-state index contributed by atoms with van der Waals surface area (Å²) in [4.78, 5) is 2.06. The van der Waals surface area contributed by atoms with Crippen LogP contribution in [0.25, 0.3) is 0 Å². The first-order valence-corrected chi connectivity index (χ1v) is 7.48. The molecule has 1 N–H and O–H groups in total. The molecule has 0 aromatic heterocycles. The Morgan fingerprint density at radius 2 is 1.81 bits per heavy atom. The van der Waals surface area contributed by atoms with Crippen LogP contribution >= 0.6 is 0 Å². The maximum Gasteiger partial charge on any atom is 0.125 e. The van der Waals surface area contributed by atoms with E-state index in [0.717, 1.165) is 24.8 Å². The van der Waals surface area contributed by atoms with Crippen LogP contribution in [0.15, 0.2) is 48.5 Å². The van der Waals surface area contributed by atoms with Crippen LogP contribution in [0, 0.1) is 5.82 Å². The fraction of sp³-hybridized carbons (Fsp3) is 0.333. The maximum atomic E-state index is 13.2. The topological polar surface area (TPSA) is 15.3 Å². The zero-order valence-corrected chi connectivity index (χ0v) is 12.3. The van der Waals surface area contributed by atoms with Gasteiger partial charge in [0.25, 0.3) is 0 Å². The van der Waals surface area contributed by atoms with Gasteiger partial charge >= 0.3 is 0 Å². The molecule has 0 radical (unpaired) electrons. The minimum atomic E-state index is -0.194. The van der Waals surface area contributed by atoms with Crippen molar-refractivity contribution < 1.29 is 4.39 Å². The molecule has 0 spiro atoms. The molecular weight excluding hydrogens is 263 g/mol. The lowest BCUT2D eigenvalue weighted by atomic mass is 10.1. The van der Waals surface area contributed by atoms with Gasteiger partial charge in [-0.25, -0.2) is 4.39 Å². The van der Waals surface area contributed by atoms with Gasteiger partial charge in [0.1, 0.15) is 5.82 Å². The van der Waals surface area contributed by atoms with Gasteiger partial charge in [-0.3, -0.25) is 0 Å². The van der Waals surface area contributed by atoms with Crippen LogP contribution in [0.2, 0.25) is 0 Å². The lowest BCUT2D eigenvalue weighted by molar-refractivity contribution is 0.627. The van der Waals surface area contributed by atoms with Gasteiger partial charge in [-0.05, 0) is 42.2 Å². The molecule has 0 aliphatic heterocycles. The smallest absolute Gasteiger partial charge is 0.125 e. The SMILES string of the molecule is CN(Cc1ccc(CNC2CC2)cc1)c1cccc(F)c1. The normalized spacial score (nSPS) is 14.2. The van der Waals surface area contributed by atoms with Crippen molar-refractivity contribution in [2.45, 2.75) is 32.0 Å². The van der Waals surface area contributed by atoms with Crippen LogP contribution in [-0.4, -0.2) is 13.1 Å². The predicted octanol–water partition coefficient (Wildman–Crippen LogP) is 3.71. The molecule has 1 aliphatic carbocycles. The van der Waals surface area contributed by atoms with Crippen LogP contribution in [0.4, 0.5) is 10.1 Å². The number of halogens is 1. The molecule has 3 heteroatoms. The number of benzene rings is 2. The summed E-state index contributed by atoms with van der Waals surface area (Å²) in [5.74, 6) is -0.194. The molecule has 0 heterocycles. The largest absolute Gasteiger partial charge is 0.370 e. The van der Waals surface area contributed by atoms with E-state index in [4.69, 9.17) is 0 Å². The lowest BCUT2D eigenvalue weighted by Crippen LogP contribution is -2.17. The van der Waals surface area contributed by atoms with E-state index in [-0.39, 0.29) is 5.82 Å². The highest BCUT2D eigenvalue weighted by atomic mass is 19.1. The van der Waals surface area contributed by atoms with Crippen LogP contribution in [0.1, 0.15) is 24.0 Å². The van der Waals surface area contributed by atoms with E-state index in [1.807, 2.05) is 13.1 Å². The number of hydrogen-bond acceptors (Lipinski definition) is 2. The average Bonchev–Trinajstić information content (AvgIpc) is 3.31. The molecule has 1 aliphatic rings. The molecule has 2 aromatic carbocycles. The average molecular weight is 284 g/mol. The van der Waals surface area contributed by atoms with E-state index in [0.29, 0.717) is 0 Å². The predicted molar refractivity (Wildman–Crippen MR) is 84.8 cm³/mol. The summed E-state index contributed by atoms with van der Waals surface area (Å²) < 4.78 is 13.2. The van der Waals surface area contributed by atoms with Crippen molar-refractivity contribution in [3.8, 4) is 0 Å². The Labute approximate surface area is 125 Å². The molecule has 2 aromatic rings. The summed E-state index contributed by atoms with van der Waals surface area (Å²) in [6, 6.07) is 16.1. The molecule has 110 valence electrons. The Bertz CT molecular complexity index is 590. The first-order valence-electron chi connectivity index (χ1n) is 7.48. The van der Waals surface area contributed by atoms with E-state index < -0.39 is 0 Å². The van der Waals surface area contributed by atoms with Crippen molar-refractivity contribution >= 4 is 5.69 Å². The maximum absolute atomic E-state index is 13.2. The van der Waals surface area contributed by atoms with E-state index in [1.54, 1.807) is 12.1 Å². The monoisotopic (exact) mass is 284 g/mol. The molecule has 2 nitrogen and oxygen atoms in total. The second-order valence-electron chi connectivity index (χ2n) is 5.81. The van der Waals surface area contributed by atoms with Crippen molar-refractivity contribution in [1.82, 2.24) is 5.32 Å². The highest BCUT2D eigenvalue weighted by molar-refractivity contribution is 5.46. The van der Waals surface area contributed by atoms with Gasteiger partial charge in [-0.2, -0.15) is 0 Å². The van der Waals surface area contributed by atoms with Gasteiger partial charge in [0.2, 0.25) is 0 Å². The van der Waals surface area contributed by atoms with E-state index in [2.05, 4.69) is 34.5 Å². The molecular formula is C18H21FN2. The molecule has 0 unspecified atom stereocenters. The number of hydrogen-bond donors (Lipinski definition) is 1. The van der Waals surface area contributed by atoms with Gasteiger partial charge in [-0.15, -0.1) is 0 Å². The Hall–Kier alpha value is -1.87. The van der Waals surface area contributed by atoms with Crippen molar-refractivity contribution in [2.24, 2.45) is 0 Å². The summed E-state index contributed by atoms with van der Waals surface area (Å²) in [5.41, 5.74) is 3.45. The molecule has 0 bridgehead atoms. The quantitative estimate of drug-likeness (QED) is 0.870. The third kappa shape index (κ3) is 4.05. The Balaban J connectivity index is 1.58. The highest BCUT2D eigenvalue weighted by Gasteiger charge is 2.19. The third-order valence-electron chi connectivity index (χ3n) is 3.86. The molecule has 1 saturated carbocycles. The minimum Gasteiger partial charge on any atom is -0.370 e. The van der Waals surface area contributed by atoms with Gasteiger partial charge < -0.3 is 10.2 Å². The van der Waals surface area contributed by atoms with Gasteiger partial charge in [0.15, 0.2) is 0 Å². The summed E-state index contributed by atoms with van der Waals surface area (Å²) in [6.45, 7) is 1.73. The van der Waals surface area contributed by atoms with Crippen LogP contribution in [0.5, 0.6) is 0 Å². The molecule has 0 saturated heterocycles. The van der Waals surface area contributed by atoms with Crippen molar-refractivity contribution in [3.63, 3.8) is 0 Å². The van der Waals surface area contributed by atoms with E-state index in [1.165, 1.54) is 30.0 Å². The van der Waals surface area contributed by atoms with Crippen molar-refractivity contribution in [3.05, 3.63) is 65.5 Å². The number of nitrogens with one attached hydrogen (secondary N) is 1. The Morgan fingerprint density at radius 1 is 1.10 bits per heavy atom. The number of rotatable bonds is 6. The fourth-order valence-corrected chi connectivity index (χ4v) is 2.39. The van der Waals surface area contributed by atoms with E-state index in [9.17, 15) is 4.39 Å². The van der Waals surface area contributed by atoms with Crippen molar-refractivity contribution in [2.75, 3.05) is 11.9 Å². The van der Waals surface area contributed by atoms with Crippen LogP contribution in [0.3, 0.4) is 0 Å². The van der Waals surface area contributed by atoms with Gasteiger partial charge in [0, 0.05) is 31.9 Å². The van der Waals surface area contributed by atoms with E-state index >= 15 is 0 Å². The zero-order chi connectivity index (χ0) is 14.7. The molecule has 0 amide bonds. The Kier molecular flexibility index (Phi) is 4.20. The summed E-state index contributed by atoms with van der Waals surface area (Å²) in [7, 11) is 1.98. The summed E-state index contributed by atoms with van der Waals surface area (Å²) >= 11 is 0. The minimum absolute atomic E-state index is 0.194. The summed E-state index contributed by atoms with van der Waals surface area (Å²) in [6.07, 6.45) is 2.63. The van der Waals surface area contributed by atoms with Gasteiger partial charge in [0.05, 0.1) is 0 Å². The van der Waals surface area contributed by atoms with Gasteiger partial charge in [-0.1, -0.05) is 30.3 Å². The molecule has 21 heavy (non-hydrogen) atoms. The highest BCUT2D eigenvalue weighted by Crippen LogP contribution is 2.20. The third-order valence-corrected chi connectivity index (χ3v) is 3.86. The zero-order valence-electron chi connectivity index (χ0n) is 12.3. The lowest BCUT2D eigenvalue weighted by Gasteiger charge is -2.19. The molecule has 1 fully saturated rings. The van der Waals surface area contributed by atoms with Crippen molar-refractivity contribution in [1.29, 1.82) is 0 Å². The summed E-state index contributed by atoms with van der Waals surface area (Å²) in [5, 5.41) is 3.51. The van der Waals surface area contributed by atoms with Crippen LogP contribution in [-0.2, 0) is 13.1 Å². The fourth-order valence-electron chi connectivity index (χ4n) is 2.39. The first-order chi connectivity index (χ1) is 10.2. The first kappa shape index (κ1) is 14.1. The molecule has 3 rings (SSSR count). The second kappa shape index (κ2) is 6.27. The number of nitrogens with zero attached hydrogens (tertiary/aromatic N) is 1. The Morgan fingerprint density at radius 3 is 2.48 bits per heavy atom. The molecule has 0 atom stereocenters. The number of anilines is 1. The van der Waals surface area contributed by atoms with Crippen LogP contribution < -0.4 is 10.2 Å². The second-order valence-corrected chi connectivity index (χ2v) is 5.81.